The number of nitrogens with zero attached hydrogens (tertiary/aromatic N) is 2. The summed E-state index contributed by atoms with van der Waals surface area (Å²) in [5.41, 5.74) is 2.47. The first kappa shape index (κ1) is 14.4. The minimum Gasteiger partial charge on any atom is -0.481 e. The van der Waals surface area contributed by atoms with Gasteiger partial charge in [0.25, 0.3) is 0 Å². The van der Waals surface area contributed by atoms with Gasteiger partial charge in [0.05, 0.1) is 5.92 Å². The van der Waals surface area contributed by atoms with Crippen LogP contribution in [0.15, 0.2) is 24.3 Å². The van der Waals surface area contributed by atoms with Crippen molar-refractivity contribution in [3.8, 4) is 0 Å². The molecule has 4 unspecified atom stereocenters. The Bertz CT molecular complexity index is 526. The van der Waals surface area contributed by atoms with Gasteiger partial charge in [-0.2, -0.15) is 0 Å². The van der Waals surface area contributed by atoms with Crippen LogP contribution in [0.2, 0.25) is 0 Å². The zero-order chi connectivity index (χ0) is 15.1. The molecule has 4 heteroatoms. The maximum atomic E-state index is 11.4. The number of rotatable bonds is 4. The molecular formula is C17H24N2O2. The van der Waals surface area contributed by atoms with Gasteiger partial charge in [0.1, 0.15) is 0 Å². The van der Waals surface area contributed by atoms with Gasteiger partial charge < -0.3 is 10.0 Å². The third-order valence-electron chi connectivity index (χ3n) is 5.25. The van der Waals surface area contributed by atoms with Crippen LogP contribution in [0, 0.1) is 5.92 Å². The van der Waals surface area contributed by atoms with Crippen molar-refractivity contribution in [3.63, 3.8) is 0 Å². The van der Waals surface area contributed by atoms with Gasteiger partial charge in [0.2, 0.25) is 0 Å². The quantitative estimate of drug-likeness (QED) is 0.925. The molecule has 2 fully saturated rings. The van der Waals surface area contributed by atoms with Gasteiger partial charge in [-0.15, -0.1) is 0 Å². The number of carbonyl (C=O) groups is 1. The van der Waals surface area contributed by atoms with Crippen molar-refractivity contribution in [2.45, 2.75) is 44.3 Å². The first-order valence-corrected chi connectivity index (χ1v) is 7.76. The smallest absolute Gasteiger partial charge is 0.308 e. The molecule has 0 aromatic heterocycles. The zero-order valence-electron chi connectivity index (χ0n) is 13.0. The summed E-state index contributed by atoms with van der Waals surface area (Å²) in [7, 11) is 4.08. The van der Waals surface area contributed by atoms with E-state index in [4.69, 9.17) is 0 Å². The number of anilines is 1. The molecule has 2 saturated heterocycles. The summed E-state index contributed by atoms with van der Waals surface area (Å²) in [4.78, 5) is 15.9. The highest BCUT2D eigenvalue weighted by molar-refractivity contribution is 5.71. The lowest BCUT2D eigenvalue weighted by Crippen LogP contribution is -2.35. The molecule has 2 heterocycles. The van der Waals surface area contributed by atoms with Crippen LogP contribution in [0.1, 0.15) is 37.8 Å². The maximum absolute atomic E-state index is 11.4. The highest BCUT2D eigenvalue weighted by Crippen LogP contribution is 2.46. The standard InChI is InChI=1S/C17H24N2O2/c1-11(12-4-6-13(7-5-12)18(2)3)19-14-8-9-16(19)15(10-14)17(20)21/h4-7,11,14-16H,8-10H2,1-3H3,(H,20,21). The van der Waals surface area contributed by atoms with Crippen molar-refractivity contribution >= 4 is 11.7 Å². The van der Waals surface area contributed by atoms with E-state index in [1.807, 2.05) is 14.1 Å². The fourth-order valence-electron chi connectivity index (χ4n) is 4.12. The van der Waals surface area contributed by atoms with Crippen LogP contribution in [0.4, 0.5) is 5.69 Å². The van der Waals surface area contributed by atoms with Gasteiger partial charge in [0.15, 0.2) is 0 Å². The van der Waals surface area contributed by atoms with E-state index in [1.54, 1.807) is 0 Å². The highest BCUT2D eigenvalue weighted by Gasteiger charge is 2.50. The normalized spacial score (nSPS) is 29.6. The van der Waals surface area contributed by atoms with Crippen molar-refractivity contribution in [2.24, 2.45) is 5.92 Å². The number of hydrogen-bond acceptors (Lipinski definition) is 3. The average Bonchev–Trinajstić information content (AvgIpc) is 3.04. The van der Waals surface area contributed by atoms with E-state index in [9.17, 15) is 9.90 Å². The van der Waals surface area contributed by atoms with Gasteiger partial charge in [-0.3, -0.25) is 9.69 Å². The Hall–Kier alpha value is -1.55. The monoisotopic (exact) mass is 288 g/mol. The molecule has 2 bridgehead atoms. The van der Waals surface area contributed by atoms with Crippen molar-refractivity contribution in [1.82, 2.24) is 4.90 Å². The average molecular weight is 288 g/mol. The van der Waals surface area contributed by atoms with Crippen molar-refractivity contribution in [2.75, 3.05) is 19.0 Å². The number of carboxylic acid groups (broad SMARTS) is 1. The van der Waals surface area contributed by atoms with E-state index in [1.165, 1.54) is 11.3 Å². The van der Waals surface area contributed by atoms with Crippen LogP contribution >= 0.6 is 0 Å². The summed E-state index contributed by atoms with van der Waals surface area (Å²) < 4.78 is 0. The molecule has 3 rings (SSSR count). The SMILES string of the molecule is CC(c1ccc(N(C)C)cc1)N1C2CCC1C(C(=O)O)C2. The Morgan fingerprint density at radius 3 is 2.48 bits per heavy atom. The third-order valence-corrected chi connectivity index (χ3v) is 5.25. The van der Waals surface area contributed by atoms with Crippen LogP contribution in [0.5, 0.6) is 0 Å². The minimum atomic E-state index is -0.623. The van der Waals surface area contributed by atoms with E-state index in [0.29, 0.717) is 12.1 Å². The summed E-state index contributed by atoms with van der Waals surface area (Å²) in [5, 5.41) is 9.37. The second-order valence-electron chi connectivity index (χ2n) is 6.59. The highest BCUT2D eigenvalue weighted by atomic mass is 16.4. The second kappa shape index (κ2) is 5.34. The summed E-state index contributed by atoms with van der Waals surface area (Å²) in [6, 6.07) is 9.58. The Balaban J connectivity index is 1.79. The molecule has 0 saturated carbocycles. The molecule has 21 heavy (non-hydrogen) atoms. The van der Waals surface area contributed by atoms with E-state index in [2.05, 4.69) is 41.0 Å². The van der Waals surface area contributed by atoms with E-state index >= 15 is 0 Å². The number of hydrogen-bond donors (Lipinski definition) is 1. The molecule has 0 radical (unpaired) electrons. The van der Waals surface area contributed by atoms with Crippen LogP contribution in [-0.2, 0) is 4.79 Å². The summed E-state index contributed by atoms with van der Waals surface area (Å²) in [6.07, 6.45) is 3.00. The molecule has 0 aliphatic carbocycles. The molecule has 0 spiro atoms. The molecule has 1 aromatic carbocycles. The Morgan fingerprint density at radius 2 is 1.95 bits per heavy atom. The molecular weight excluding hydrogens is 264 g/mol. The maximum Gasteiger partial charge on any atom is 0.308 e. The van der Waals surface area contributed by atoms with Gasteiger partial charge in [-0.1, -0.05) is 12.1 Å². The number of carboxylic acids is 1. The van der Waals surface area contributed by atoms with E-state index in [0.717, 1.165) is 19.3 Å². The molecule has 114 valence electrons. The molecule has 1 aromatic rings. The molecule has 0 amide bonds. The molecule has 2 aliphatic rings. The summed E-state index contributed by atoms with van der Waals surface area (Å²) in [6.45, 7) is 2.21. The minimum absolute atomic E-state index is 0.174. The van der Waals surface area contributed by atoms with Crippen molar-refractivity contribution < 1.29 is 9.90 Å². The molecule has 2 aliphatic heterocycles. The summed E-state index contributed by atoms with van der Waals surface area (Å²) >= 11 is 0. The fourth-order valence-corrected chi connectivity index (χ4v) is 4.12. The van der Waals surface area contributed by atoms with Crippen LogP contribution < -0.4 is 4.90 Å². The molecule has 4 atom stereocenters. The zero-order valence-corrected chi connectivity index (χ0v) is 13.0. The lowest BCUT2D eigenvalue weighted by Gasteiger charge is -2.30. The Labute approximate surface area is 126 Å². The van der Waals surface area contributed by atoms with E-state index in [-0.39, 0.29) is 12.0 Å². The van der Waals surface area contributed by atoms with Crippen LogP contribution in [-0.4, -0.2) is 42.2 Å². The van der Waals surface area contributed by atoms with Gasteiger partial charge in [-0.05, 0) is 43.9 Å². The predicted octanol–water partition coefficient (Wildman–Crippen LogP) is 2.75. The Kier molecular flexibility index (Phi) is 3.66. The lowest BCUT2D eigenvalue weighted by molar-refractivity contribution is -0.142. The number of fused-ring (bicyclic) bond motifs is 2. The molecule has 1 N–H and O–H groups in total. The first-order chi connectivity index (χ1) is 9.99. The van der Waals surface area contributed by atoms with E-state index < -0.39 is 5.97 Å². The topological polar surface area (TPSA) is 43.8 Å². The largest absolute Gasteiger partial charge is 0.481 e. The predicted molar refractivity (Wildman–Crippen MR) is 83.6 cm³/mol. The third kappa shape index (κ3) is 2.42. The van der Waals surface area contributed by atoms with Gasteiger partial charge in [0, 0.05) is 37.9 Å². The molecule has 4 nitrogen and oxygen atoms in total. The summed E-state index contributed by atoms with van der Waals surface area (Å²) in [5.74, 6) is -0.797. The van der Waals surface area contributed by atoms with Crippen LogP contribution in [0.25, 0.3) is 0 Å². The van der Waals surface area contributed by atoms with Gasteiger partial charge in [-0.25, -0.2) is 0 Å². The number of aliphatic carboxylic acids is 1. The second-order valence-corrected chi connectivity index (χ2v) is 6.59. The lowest BCUT2D eigenvalue weighted by atomic mass is 9.89. The first-order valence-electron chi connectivity index (χ1n) is 7.76. The van der Waals surface area contributed by atoms with Crippen molar-refractivity contribution in [3.05, 3.63) is 29.8 Å². The number of benzene rings is 1. The fraction of sp³-hybridized carbons (Fsp3) is 0.588. The Morgan fingerprint density at radius 1 is 1.29 bits per heavy atom. The van der Waals surface area contributed by atoms with Gasteiger partial charge >= 0.3 is 5.97 Å². The van der Waals surface area contributed by atoms with Crippen molar-refractivity contribution in [1.29, 1.82) is 0 Å². The van der Waals surface area contributed by atoms with Crippen LogP contribution in [0.3, 0.4) is 0 Å².